The van der Waals surface area contributed by atoms with E-state index in [1.165, 1.54) is 35.1 Å². The fourth-order valence-corrected chi connectivity index (χ4v) is 5.57. The number of aromatic nitrogens is 5. The molecule has 24 heavy (non-hydrogen) atoms. The smallest absolute Gasteiger partial charge is 0.197 e. The van der Waals surface area contributed by atoms with Crippen LogP contribution in [-0.2, 0) is 25.8 Å². The quantitative estimate of drug-likeness (QED) is 0.705. The largest absolute Gasteiger partial charge is 0.330 e. The molecule has 0 aliphatic heterocycles. The van der Waals surface area contributed by atoms with Crippen LogP contribution in [0.15, 0.2) is 16.5 Å². The predicted octanol–water partition coefficient (Wildman–Crippen LogP) is 2.83. The summed E-state index contributed by atoms with van der Waals surface area (Å²) >= 11 is 3.42. The summed E-state index contributed by atoms with van der Waals surface area (Å²) in [4.78, 5) is 11.7. The molecular weight excluding hydrogens is 340 g/mol. The fraction of sp³-hybridized carbons (Fsp3) is 0.500. The molecule has 6 nitrogen and oxygen atoms in total. The van der Waals surface area contributed by atoms with Crippen LogP contribution in [0.5, 0.6) is 0 Å². The van der Waals surface area contributed by atoms with E-state index in [2.05, 4.69) is 31.7 Å². The van der Waals surface area contributed by atoms with Crippen molar-refractivity contribution in [3.05, 3.63) is 22.6 Å². The minimum atomic E-state index is 0.582. The normalized spacial score (nSPS) is 14.2. The molecule has 1 aliphatic rings. The summed E-state index contributed by atoms with van der Waals surface area (Å²) in [6.07, 6.45) is 7.25. The summed E-state index contributed by atoms with van der Waals surface area (Å²) in [5.74, 6) is 0.945. The summed E-state index contributed by atoms with van der Waals surface area (Å²) in [5, 5.41) is 11.8. The molecule has 126 valence electrons. The SMILES string of the molecule is CCn1c(CCN)nnc1Sc1ncnc2sc3c(c12)CCCC3. The molecule has 4 rings (SSSR count). The lowest BCUT2D eigenvalue weighted by Gasteiger charge is -2.11. The van der Waals surface area contributed by atoms with Gasteiger partial charge in [0.05, 0.1) is 0 Å². The average Bonchev–Trinajstić information content (AvgIpc) is 3.16. The third kappa shape index (κ3) is 2.72. The van der Waals surface area contributed by atoms with E-state index >= 15 is 0 Å². The van der Waals surface area contributed by atoms with E-state index in [1.807, 2.05) is 11.3 Å². The molecule has 0 spiro atoms. The van der Waals surface area contributed by atoms with Crippen molar-refractivity contribution in [2.75, 3.05) is 6.54 Å². The second-order valence-corrected chi connectivity index (χ2v) is 7.89. The van der Waals surface area contributed by atoms with Crippen LogP contribution in [-0.4, -0.2) is 31.3 Å². The first-order chi connectivity index (χ1) is 11.8. The van der Waals surface area contributed by atoms with E-state index in [0.29, 0.717) is 6.54 Å². The standard InChI is InChI=1S/C16H20N6S2/c1-2-22-12(7-8-17)20-21-16(22)24-15-13-10-5-3-4-6-11(10)23-14(13)18-9-19-15/h9H,2-8,17H2,1H3. The molecule has 0 atom stereocenters. The van der Waals surface area contributed by atoms with E-state index in [0.717, 1.165) is 40.2 Å². The van der Waals surface area contributed by atoms with Crippen molar-refractivity contribution >= 4 is 33.3 Å². The molecule has 0 saturated heterocycles. The van der Waals surface area contributed by atoms with Gasteiger partial charge in [0.1, 0.15) is 22.0 Å². The van der Waals surface area contributed by atoms with Gasteiger partial charge in [-0.05, 0) is 56.5 Å². The van der Waals surface area contributed by atoms with E-state index in [9.17, 15) is 0 Å². The zero-order valence-corrected chi connectivity index (χ0v) is 15.3. The molecule has 3 heterocycles. The molecule has 0 aromatic carbocycles. The van der Waals surface area contributed by atoms with Crippen LogP contribution < -0.4 is 5.73 Å². The summed E-state index contributed by atoms with van der Waals surface area (Å²) in [6.45, 7) is 3.52. The van der Waals surface area contributed by atoms with Gasteiger partial charge in [-0.15, -0.1) is 21.5 Å². The highest BCUT2D eigenvalue weighted by Crippen LogP contribution is 2.40. The van der Waals surface area contributed by atoms with E-state index in [1.54, 1.807) is 18.1 Å². The van der Waals surface area contributed by atoms with Gasteiger partial charge in [-0.25, -0.2) is 9.97 Å². The first-order valence-corrected chi connectivity index (χ1v) is 10.00. The molecule has 0 radical (unpaired) electrons. The zero-order valence-electron chi connectivity index (χ0n) is 13.7. The monoisotopic (exact) mass is 360 g/mol. The Morgan fingerprint density at radius 2 is 2.12 bits per heavy atom. The van der Waals surface area contributed by atoms with E-state index < -0.39 is 0 Å². The minimum Gasteiger partial charge on any atom is -0.330 e. The van der Waals surface area contributed by atoms with Crippen molar-refractivity contribution in [1.29, 1.82) is 0 Å². The highest BCUT2D eigenvalue weighted by atomic mass is 32.2. The number of aryl methyl sites for hydroxylation is 2. The van der Waals surface area contributed by atoms with Gasteiger partial charge in [0.25, 0.3) is 0 Å². The molecule has 3 aromatic rings. The van der Waals surface area contributed by atoms with Crippen molar-refractivity contribution in [2.24, 2.45) is 5.73 Å². The Hall–Kier alpha value is -1.51. The lowest BCUT2D eigenvalue weighted by molar-refractivity contribution is 0.640. The lowest BCUT2D eigenvalue weighted by Crippen LogP contribution is -2.10. The van der Waals surface area contributed by atoms with Crippen molar-refractivity contribution < 1.29 is 0 Å². The summed E-state index contributed by atoms with van der Waals surface area (Å²) in [5.41, 5.74) is 7.13. The van der Waals surface area contributed by atoms with Gasteiger partial charge in [-0.1, -0.05) is 0 Å². The Morgan fingerprint density at radius 3 is 2.96 bits per heavy atom. The van der Waals surface area contributed by atoms with Gasteiger partial charge < -0.3 is 10.3 Å². The number of rotatable bonds is 5. The van der Waals surface area contributed by atoms with Crippen LogP contribution >= 0.6 is 23.1 Å². The van der Waals surface area contributed by atoms with Gasteiger partial charge >= 0.3 is 0 Å². The first kappa shape index (κ1) is 16.0. The number of nitrogens with two attached hydrogens (primary N) is 1. The fourth-order valence-electron chi connectivity index (χ4n) is 3.25. The van der Waals surface area contributed by atoms with Gasteiger partial charge in [0, 0.05) is 23.2 Å². The Labute approximate surface area is 148 Å². The molecule has 8 heteroatoms. The van der Waals surface area contributed by atoms with Crippen LogP contribution in [0.4, 0.5) is 0 Å². The van der Waals surface area contributed by atoms with E-state index in [4.69, 9.17) is 5.73 Å². The van der Waals surface area contributed by atoms with Crippen molar-refractivity contribution in [1.82, 2.24) is 24.7 Å². The third-order valence-electron chi connectivity index (χ3n) is 4.38. The number of hydrogen-bond donors (Lipinski definition) is 1. The number of nitrogens with zero attached hydrogens (tertiary/aromatic N) is 5. The van der Waals surface area contributed by atoms with Gasteiger partial charge in [0.15, 0.2) is 5.16 Å². The van der Waals surface area contributed by atoms with Crippen LogP contribution in [0.25, 0.3) is 10.2 Å². The number of thiophene rings is 1. The predicted molar refractivity (Wildman–Crippen MR) is 96.6 cm³/mol. The highest BCUT2D eigenvalue weighted by Gasteiger charge is 2.21. The van der Waals surface area contributed by atoms with Crippen molar-refractivity contribution in [3.63, 3.8) is 0 Å². The molecule has 0 saturated carbocycles. The Bertz CT molecular complexity index is 869. The lowest BCUT2D eigenvalue weighted by atomic mass is 9.97. The molecule has 1 aliphatic carbocycles. The Balaban J connectivity index is 1.76. The topological polar surface area (TPSA) is 82.5 Å². The number of fused-ring (bicyclic) bond motifs is 3. The summed E-state index contributed by atoms with van der Waals surface area (Å²) in [7, 11) is 0. The van der Waals surface area contributed by atoms with Gasteiger partial charge in [-0.3, -0.25) is 0 Å². The van der Waals surface area contributed by atoms with Crippen LogP contribution in [0.2, 0.25) is 0 Å². The van der Waals surface area contributed by atoms with Crippen LogP contribution in [0.3, 0.4) is 0 Å². The van der Waals surface area contributed by atoms with Gasteiger partial charge in [-0.2, -0.15) is 0 Å². The third-order valence-corrected chi connectivity index (χ3v) is 6.57. The molecule has 0 fully saturated rings. The average molecular weight is 361 g/mol. The molecule has 0 bridgehead atoms. The molecule has 0 unspecified atom stereocenters. The maximum atomic E-state index is 5.68. The van der Waals surface area contributed by atoms with Crippen LogP contribution in [0, 0.1) is 0 Å². The zero-order chi connectivity index (χ0) is 16.5. The van der Waals surface area contributed by atoms with Gasteiger partial charge in [0.2, 0.25) is 0 Å². The van der Waals surface area contributed by atoms with Crippen molar-refractivity contribution in [2.45, 2.75) is 55.8 Å². The summed E-state index contributed by atoms with van der Waals surface area (Å²) in [6, 6.07) is 0. The first-order valence-electron chi connectivity index (χ1n) is 8.37. The van der Waals surface area contributed by atoms with Crippen LogP contribution in [0.1, 0.15) is 36.0 Å². The second-order valence-electron chi connectivity index (χ2n) is 5.85. The Morgan fingerprint density at radius 1 is 1.25 bits per heavy atom. The molecular formula is C16H20N6S2. The van der Waals surface area contributed by atoms with Crippen molar-refractivity contribution in [3.8, 4) is 0 Å². The highest BCUT2D eigenvalue weighted by molar-refractivity contribution is 7.99. The second kappa shape index (κ2) is 6.78. The minimum absolute atomic E-state index is 0.582. The Kier molecular flexibility index (Phi) is 4.51. The maximum Gasteiger partial charge on any atom is 0.197 e. The van der Waals surface area contributed by atoms with E-state index in [-0.39, 0.29) is 0 Å². The molecule has 3 aromatic heterocycles. The maximum absolute atomic E-state index is 5.68. The molecule has 0 amide bonds. The summed E-state index contributed by atoms with van der Waals surface area (Å²) < 4.78 is 2.13. The number of hydrogen-bond acceptors (Lipinski definition) is 7. The molecule has 2 N–H and O–H groups in total.